The highest BCUT2D eigenvalue weighted by Crippen LogP contribution is 2.21. The second-order valence-corrected chi connectivity index (χ2v) is 8.78. The number of amides is 1. The van der Waals surface area contributed by atoms with Crippen LogP contribution >= 0.6 is 15.9 Å². The zero-order valence-electron chi connectivity index (χ0n) is 17.9. The number of ketones is 1. The van der Waals surface area contributed by atoms with E-state index in [1.165, 1.54) is 0 Å². The third kappa shape index (κ3) is 5.48. The van der Waals surface area contributed by atoms with Crippen molar-refractivity contribution in [3.05, 3.63) is 76.0 Å². The van der Waals surface area contributed by atoms with Crippen LogP contribution in [0.25, 0.3) is 0 Å². The van der Waals surface area contributed by atoms with Crippen LogP contribution in [-0.2, 0) is 11.2 Å². The number of rotatable bonds is 5. The number of phenols is 1. The lowest BCUT2D eigenvalue weighted by Crippen LogP contribution is -2.36. The van der Waals surface area contributed by atoms with Crippen molar-refractivity contribution in [2.75, 3.05) is 36.8 Å². The van der Waals surface area contributed by atoms with Crippen LogP contribution in [-0.4, -0.2) is 57.8 Å². The fourth-order valence-corrected chi connectivity index (χ4v) is 4.18. The molecule has 0 aliphatic carbocycles. The second-order valence-electron chi connectivity index (χ2n) is 7.86. The Morgan fingerprint density at radius 2 is 1.88 bits per heavy atom. The maximum absolute atomic E-state index is 13.0. The second kappa shape index (κ2) is 9.99. The van der Waals surface area contributed by atoms with Gasteiger partial charge in [0, 0.05) is 36.8 Å². The summed E-state index contributed by atoms with van der Waals surface area (Å²) in [5, 5.41) is 9.63. The van der Waals surface area contributed by atoms with E-state index in [1.807, 2.05) is 17.0 Å². The quantitative estimate of drug-likeness (QED) is 0.508. The van der Waals surface area contributed by atoms with E-state index in [0.717, 1.165) is 18.5 Å². The van der Waals surface area contributed by atoms with Crippen LogP contribution < -0.4 is 10.6 Å². The van der Waals surface area contributed by atoms with E-state index in [0.29, 0.717) is 41.2 Å². The molecular weight excluding hydrogens is 486 g/mol. The molecule has 2 aromatic heterocycles. The average molecular weight is 510 g/mol. The number of hydrogen-bond acceptors (Lipinski definition) is 7. The molecule has 1 saturated heterocycles. The minimum Gasteiger partial charge on any atom is -0.508 e. The van der Waals surface area contributed by atoms with Crippen LogP contribution in [0.2, 0.25) is 0 Å². The Bertz CT molecular complexity index is 1190. The van der Waals surface area contributed by atoms with Gasteiger partial charge in [-0.15, -0.1) is 0 Å². The Morgan fingerprint density at radius 1 is 1.06 bits per heavy atom. The number of anilines is 2. The molecular formula is C24H24BrN5O3. The van der Waals surface area contributed by atoms with Crippen LogP contribution in [0, 0.1) is 0 Å². The number of nitrogens with zero attached hydrogens (tertiary/aromatic N) is 4. The van der Waals surface area contributed by atoms with Crippen molar-refractivity contribution in [1.29, 1.82) is 0 Å². The van der Waals surface area contributed by atoms with Crippen LogP contribution in [0.1, 0.15) is 28.0 Å². The minimum absolute atomic E-state index is 0.0250. The zero-order valence-corrected chi connectivity index (χ0v) is 19.5. The average Bonchev–Trinajstić information content (AvgIpc) is 3.07. The molecule has 3 N–H and O–H groups in total. The molecule has 8 nitrogen and oxygen atoms in total. The van der Waals surface area contributed by atoms with E-state index >= 15 is 0 Å². The monoisotopic (exact) mass is 509 g/mol. The molecule has 1 amide bonds. The van der Waals surface area contributed by atoms with Crippen molar-refractivity contribution in [2.24, 2.45) is 0 Å². The van der Waals surface area contributed by atoms with Crippen molar-refractivity contribution in [3.8, 4) is 5.75 Å². The molecule has 3 heterocycles. The van der Waals surface area contributed by atoms with Gasteiger partial charge in [0.15, 0.2) is 0 Å². The molecule has 1 aliphatic heterocycles. The largest absolute Gasteiger partial charge is 0.508 e. The standard InChI is InChI=1S/C24H24BrN5O3/c25-17-14-19(24(26)27-15-17)23(33)20-6-2-7-21(28-20)29-8-3-9-30(11-10-29)22(32)13-16-4-1-5-18(31)12-16/h1-2,4-7,12,14-15,31H,3,8-11,13H2,(H2,26,27). The molecule has 1 fully saturated rings. The Labute approximate surface area is 200 Å². The van der Waals surface area contributed by atoms with E-state index in [1.54, 1.807) is 42.6 Å². The number of benzene rings is 1. The molecule has 1 aromatic carbocycles. The fourth-order valence-electron chi connectivity index (χ4n) is 3.84. The van der Waals surface area contributed by atoms with Crippen molar-refractivity contribution in [3.63, 3.8) is 0 Å². The summed E-state index contributed by atoms with van der Waals surface area (Å²) in [4.78, 5) is 38.3. The highest BCUT2D eigenvalue weighted by molar-refractivity contribution is 9.10. The van der Waals surface area contributed by atoms with Crippen molar-refractivity contribution in [2.45, 2.75) is 12.8 Å². The molecule has 3 aromatic rings. The number of nitrogen functional groups attached to an aromatic ring is 1. The number of aromatic nitrogens is 2. The van der Waals surface area contributed by atoms with Crippen LogP contribution in [0.15, 0.2) is 59.2 Å². The SMILES string of the molecule is Nc1ncc(Br)cc1C(=O)c1cccc(N2CCCN(C(=O)Cc3cccc(O)c3)CC2)n1. The van der Waals surface area contributed by atoms with Gasteiger partial charge in [-0.2, -0.15) is 0 Å². The summed E-state index contributed by atoms with van der Waals surface area (Å²) in [5.74, 6) is 0.733. The lowest BCUT2D eigenvalue weighted by Gasteiger charge is -2.23. The summed E-state index contributed by atoms with van der Waals surface area (Å²) in [6.45, 7) is 2.53. The molecule has 0 spiro atoms. The van der Waals surface area contributed by atoms with Gasteiger partial charge in [-0.3, -0.25) is 9.59 Å². The van der Waals surface area contributed by atoms with Gasteiger partial charge in [0.1, 0.15) is 23.1 Å². The minimum atomic E-state index is -0.291. The Kier molecular flexibility index (Phi) is 6.88. The van der Waals surface area contributed by atoms with E-state index in [4.69, 9.17) is 5.73 Å². The van der Waals surface area contributed by atoms with Crippen LogP contribution in [0.4, 0.5) is 11.6 Å². The molecule has 170 valence electrons. The molecule has 0 unspecified atom stereocenters. The van der Waals surface area contributed by atoms with Gasteiger partial charge < -0.3 is 20.6 Å². The predicted molar refractivity (Wildman–Crippen MR) is 129 cm³/mol. The lowest BCUT2D eigenvalue weighted by atomic mass is 10.1. The number of carbonyl (C=O) groups excluding carboxylic acids is 2. The van der Waals surface area contributed by atoms with Crippen molar-refractivity contribution < 1.29 is 14.7 Å². The number of carbonyl (C=O) groups is 2. The number of pyridine rings is 2. The van der Waals surface area contributed by atoms with E-state index < -0.39 is 0 Å². The molecule has 0 radical (unpaired) electrons. The number of aromatic hydroxyl groups is 1. The number of hydrogen-bond donors (Lipinski definition) is 2. The van der Waals surface area contributed by atoms with Gasteiger partial charge in [-0.25, -0.2) is 9.97 Å². The smallest absolute Gasteiger partial charge is 0.227 e. The predicted octanol–water partition coefficient (Wildman–Crippen LogP) is 3.04. The van der Waals surface area contributed by atoms with Gasteiger partial charge in [-0.1, -0.05) is 18.2 Å². The summed E-state index contributed by atoms with van der Waals surface area (Å²) in [5.41, 5.74) is 7.27. The van der Waals surface area contributed by atoms with E-state index in [2.05, 4.69) is 30.8 Å². The lowest BCUT2D eigenvalue weighted by molar-refractivity contribution is -0.130. The summed E-state index contributed by atoms with van der Waals surface area (Å²) < 4.78 is 0.666. The van der Waals surface area contributed by atoms with Gasteiger partial charge in [0.05, 0.1) is 12.0 Å². The fraction of sp³-hybridized carbons (Fsp3) is 0.250. The normalized spacial score (nSPS) is 14.1. The first kappa shape index (κ1) is 22.7. The highest BCUT2D eigenvalue weighted by atomic mass is 79.9. The highest BCUT2D eigenvalue weighted by Gasteiger charge is 2.22. The van der Waals surface area contributed by atoms with Crippen LogP contribution in [0.5, 0.6) is 5.75 Å². The first-order chi connectivity index (χ1) is 15.9. The first-order valence-electron chi connectivity index (χ1n) is 10.6. The summed E-state index contributed by atoms with van der Waals surface area (Å²) in [6.07, 6.45) is 2.58. The molecule has 9 heteroatoms. The summed E-state index contributed by atoms with van der Waals surface area (Å²) in [7, 11) is 0. The molecule has 1 aliphatic rings. The zero-order chi connectivity index (χ0) is 23.4. The number of nitrogens with two attached hydrogens (primary N) is 1. The topological polar surface area (TPSA) is 113 Å². The number of halogens is 1. The van der Waals surface area contributed by atoms with E-state index in [9.17, 15) is 14.7 Å². The summed E-state index contributed by atoms with van der Waals surface area (Å²) >= 11 is 3.32. The molecule has 0 saturated carbocycles. The number of phenolic OH excluding ortho intramolecular Hbond substituents is 1. The van der Waals surface area contributed by atoms with Crippen molar-refractivity contribution in [1.82, 2.24) is 14.9 Å². The van der Waals surface area contributed by atoms with E-state index in [-0.39, 0.29) is 29.7 Å². The van der Waals surface area contributed by atoms with Gasteiger partial charge in [0.2, 0.25) is 11.7 Å². The Hall–Kier alpha value is -3.46. The Balaban J connectivity index is 1.44. The van der Waals surface area contributed by atoms with Gasteiger partial charge in [-0.05, 0) is 58.2 Å². The first-order valence-corrected chi connectivity index (χ1v) is 11.4. The molecule has 0 bridgehead atoms. The molecule has 0 atom stereocenters. The molecule has 4 rings (SSSR count). The third-order valence-corrected chi connectivity index (χ3v) is 5.97. The summed E-state index contributed by atoms with van der Waals surface area (Å²) in [6, 6.07) is 13.7. The maximum Gasteiger partial charge on any atom is 0.227 e. The Morgan fingerprint density at radius 3 is 2.70 bits per heavy atom. The maximum atomic E-state index is 13.0. The van der Waals surface area contributed by atoms with Gasteiger partial charge >= 0.3 is 0 Å². The van der Waals surface area contributed by atoms with Crippen LogP contribution in [0.3, 0.4) is 0 Å². The van der Waals surface area contributed by atoms with Crippen molar-refractivity contribution >= 4 is 39.3 Å². The molecule has 33 heavy (non-hydrogen) atoms. The van der Waals surface area contributed by atoms with Gasteiger partial charge in [0.25, 0.3) is 0 Å². The third-order valence-electron chi connectivity index (χ3n) is 5.54.